The summed E-state index contributed by atoms with van der Waals surface area (Å²) in [6.45, 7) is 9.66. The number of halogens is 2. The molecule has 0 bridgehead atoms. The van der Waals surface area contributed by atoms with Crippen molar-refractivity contribution < 1.29 is 23.0 Å². The van der Waals surface area contributed by atoms with Crippen LogP contribution in [0.5, 0.6) is 6.01 Å². The summed E-state index contributed by atoms with van der Waals surface area (Å²) in [5.41, 5.74) is -0.0837. The standard InChI is InChI=1S/C23H28F2N5O3.C13H27.Sn/c1-32-19(31)8-15-4-2-6-29(12-15)21-17-10-26-11-18(25)20(17)27-22(28-21)33-14-23-5-3-7-30(23)13-16(24)9-23;1-4-7-10-13(11-8-5-2)12-9-6-3;/h10,15-16H,2-9,12-14H2,1H3;4-12H2,1-3H3;/t15-,16+,23-;;/m0../s1. The zero-order valence-electron chi connectivity index (χ0n) is 29.1. The monoisotopic (exact) mass is 763 g/mol. The van der Waals surface area contributed by atoms with E-state index in [1.54, 1.807) is 6.20 Å². The Morgan fingerprint density at radius 3 is 2.47 bits per heavy atom. The van der Waals surface area contributed by atoms with Crippen LogP contribution in [0.25, 0.3) is 10.9 Å². The van der Waals surface area contributed by atoms with Crippen molar-refractivity contribution in [2.24, 2.45) is 5.92 Å². The molecule has 8 nitrogen and oxygen atoms in total. The molecule has 5 heterocycles. The number of carbonyl (C=O) groups is 1. The molecule has 0 aliphatic carbocycles. The summed E-state index contributed by atoms with van der Waals surface area (Å²) in [4.78, 5) is 31.0. The molecular weight excluding hydrogens is 707 g/mol. The van der Waals surface area contributed by atoms with E-state index in [-0.39, 0.29) is 44.8 Å². The van der Waals surface area contributed by atoms with Gasteiger partial charge in [-0.15, -0.1) is 0 Å². The Labute approximate surface area is 290 Å². The zero-order valence-corrected chi connectivity index (χ0v) is 31.9. The average Bonchev–Trinajstić information content (AvgIpc) is 3.61. The van der Waals surface area contributed by atoms with Gasteiger partial charge in [-0.3, -0.25) is 0 Å². The number of methoxy groups -OCH3 is 1. The maximum absolute atomic E-state index is 16.9. The fourth-order valence-electron chi connectivity index (χ4n) is 8.16. The van der Waals surface area contributed by atoms with Crippen LogP contribution in [0, 0.1) is 11.7 Å². The molecule has 3 aliphatic heterocycles. The molecule has 260 valence electrons. The number of carbonyl (C=O) groups excluding carboxylic acids is 1. The van der Waals surface area contributed by atoms with E-state index in [2.05, 4.69) is 30.6 Å². The summed E-state index contributed by atoms with van der Waals surface area (Å²) < 4.78 is 43.5. The minimum atomic E-state index is -1.47. The van der Waals surface area contributed by atoms with Gasteiger partial charge in [-0.25, -0.2) is 0 Å². The number of rotatable bonds is 17. The van der Waals surface area contributed by atoms with Gasteiger partial charge in [0.25, 0.3) is 0 Å². The minimum absolute atomic E-state index is 0.110. The Bertz CT molecular complexity index is 1330. The van der Waals surface area contributed by atoms with Crippen LogP contribution in [-0.2, 0) is 9.53 Å². The van der Waals surface area contributed by atoms with E-state index in [9.17, 15) is 9.18 Å². The second-order valence-electron chi connectivity index (χ2n) is 14.3. The van der Waals surface area contributed by atoms with Crippen LogP contribution in [0.3, 0.4) is 0 Å². The predicted molar refractivity (Wildman–Crippen MR) is 184 cm³/mol. The third-order valence-corrected chi connectivity index (χ3v) is 16.1. The third-order valence-electron chi connectivity index (χ3n) is 10.8. The van der Waals surface area contributed by atoms with Crippen molar-refractivity contribution >= 4 is 47.5 Å². The number of anilines is 1. The van der Waals surface area contributed by atoms with Gasteiger partial charge in [0.1, 0.15) is 0 Å². The first-order valence-electron chi connectivity index (χ1n) is 18.2. The number of alkyl halides is 1. The van der Waals surface area contributed by atoms with Crippen LogP contribution in [0.15, 0.2) is 6.20 Å². The summed E-state index contributed by atoms with van der Waals surface area (Å²) in [6.07, 6.45) is 15.7. The van der Waals surface area contributed by atoms with E-state index in [1.165, 1.54) is 7.11 Å². The van der Waals surface area contributed by atoms with Crippen LogP contribution >= 0.6 is 0 Å². The van der Waals surface area contributed by atoms with Crippen molar-refractivity contribution in [3.8, 4) is 6.01 Å². The number of hydrogen-bond acceptors (Lipinski definition) is 8. The van der Waals surface area contributed by atoms with Gasteiger partial charge in [0.15, 0.2) is 0 Å². The van der Waals surface area contributed by atoms with Crippen LogP contribution in [0.4, 0.5) is 14.6 Å². The zero-order chi connectivity index (χ0) is 33.4. The second-order valence-corrected chi connectivity index (χ2v) is 19.4. The molecule has 0 spiro atoms. The number of aromatic nitrogens is 3. The Morgan fingerprint density at radius 2 is 1.79 bits per heavy atom. The summed E-state index contributed by atoms with van der Waals surface area (Å²) in [6, 6.07) is 0.141. The molecular formula is C36H55F2N5O3Sn. The number of ether oxygens (including phenoxy) is 2. The van der Waals surface area contributed by atoms with Crippen molar-refractivity contribution in [2.75, 3.05) is 44.8 Å². The molecule has 3 saturated heterocycles. The summed E-state index contributed by atoms with van der Waals surface area (Å²) in [5.74, 6) is 0.175. The Balaban J connectivity index is 1.52. The molecule has 0 saturated carbocycles. The van der Waals surface area contributed by atoms with Crippen LogP contribution in [-0.4, -0.2) is 98.6 Å². The number of piperidine rings is 1. The van der Waals surface area contributed by atoms with E-state index in [1.807, 2.05) is 0 Å². The van der Waals surface area contributed by atoms with Gasteiger partial charge >= 0.3 is 291 Å². The fraction of sp³-hybridized carbons (Fsp3) is 0.778. The molecule has 2 radical (unpaired) electrons. The predicted octanol–water partition coefficient (Wildman–Crippen LogP) is 6.96. The number of fused-ring (bicyclic) bond motifs is 2. The van der Waals surface area contributed by atoms with Gasteiger partial charge in [-0.1, -0.05) is 0 Å². The second kappa shape index (κ2) is 16.7. The fourth-order valence-corrected chi connectivity index (χ4v) is 13.2. The number of hydrogen-bond donors (Lipinski definition) is 0. The van der Waals surface area contributed by atoms with E-state index >= 15 is 4.39 Å². The van der Waals surface area contributed by atoms with E-state index < -0.39 is 27.3 Å². The molecule has 11 heteroatoms. The Hall–Kier alpha value is -1.82. The molecule has 2 aromatic rings. The van der Waals surface area contributed by atoms with Crippen LogP contribution in [0.1, 0.15) is 117 Å². The van der Waals surface area contributed by atoms with E-state index in [4.69, 9.17) is 24.4 Å². The van der Waals surface area contributed by atoms with Gasteiger partial charge in [-0.05, 0) is 0 Å². The van der Waals surface area contributed by atoms with Crippen molar-refractivity contribution in [1.82, 2.24) is 19.9 Å². The number of unbranched alkanes of at least 4 members (excludes halogenated alkanes) is 3. The molecule has 0 N–H and O–H groups in total. The Kier molecular flexibility index (Phi) is 13.0. The Morgan fingerprint density at radius 1 is 1.06 bits per heavy atom. The average molecular weight is 763 g/mol. The third kappa shape index (κ3) is 8.68. The molecule has 3 atom stereocenters. The first-order chi connectivity index (χ1) is 22.7. The molecule has 5 rings (SSSR count). The summed E-state index contributed by atoms with van der Waals surface area (Å²) >= 11 is -1.47. The van der Waals surface area contributed by atoms with Crippen molar-refractivity contribution in [3.63, 3.8) is 0 Å². The molecule has 2 aromatic heterocycles. The summed E-state index contributed by atoms with van der Waals surface area (Å²) in [7, 11) is 1.42. The topological polar surface area (TPSA) is 80.7 Å². The van der Waals surface area contributed by atoms with Crippen molar-refractivity contribution in [2.45, 2.75) is 132 Å². The number of esters is 1. The molecule has 0 aromatic carbocycles. The number of nitrogens with zero attached hydrogens (tertiary/aromatic N) is 5. The SMILES string of the molecule is CCCC[C](CCCC)(CCCC)[Sn][c]1ncc2c(N3CCC[C@@H](CC(=O)OC)C3)nc(OC[C@@]34CCCN3C[C@H](F)C4)nc2c1F. The number of pyridine rings is 1. The van der Waals surface area contributed by atoms with E-state index in [0.717, 1.165) is 96.6 Å². The van der Waals surface area contributed by atoms with Crippen LogP contribution < -0.4 is 13.3 Å². The molecule has 47 heavy (non-hydrogen) atoms. The normalized spacial score (nSPS) is 23.4. The summed E-state index contributed by atoms with van der Waals surface area (Å²) in [5, 5.41) is 0.586. The molecule has 3 fully saturated rings. The molecule has 0 amide bonds. The van der Waals surface area contributed by atoms with Gasteiger partial charge < -0.3 is 0 Å². The van der Waals surface area contributed by atoms with Gasteiger partial charge in [0.05, 0.1) is 0 Å². The van der Waals surface area contributed by atoms with Gasteiger partial charge in [0, 0.05) is 0 Å². The quantitative estimate of drug-likeness (QED) is 0.127. The van der Waals surface area contributed by atoms with Crippen molar-refractivity contribution in [1.29, 1.82) is 0 Å². The molecule has 3 aliphatic rings. The maximum atomic E-state index is 16.9. The first-order valence-corrected chi connectivity index (χ1v) is 21.1. The van der Waals surface area contributed by atoms with Gasteiger partial charge in [-0.2, -0.15) is 0 Å². The van der Waals surface area contributed by atoms with E-state index in [0.29, 0.717) is 40.8 Å². The van der Waals surface area contributed by atoms with Gasteiger partial charge in [0.2, 0.25) is 0 Å². The first kappa shape index (κ1) is 36.5. The van der Waals surface area contributed by atoms with Crippen LogP contribution in [0.2, 0.25) is 3.43 Å². The van der Waals surface area contributed by atoms with Crippen molar-refractivity contribution in [3.05, 3.63) is 12.0 Å². The molecule has 0 unspecified atom stereocenters.